The van der Waals surface area contributed by atoms with Gasteiger partial charge in [-0.2, -0.15) is 0 Å². The second-order valence-electron chi connectivity index (χ2n) is 7.19. The molecule has 0 atom stereocenters. The summed E-state index contributed by atoms with van der Waals surface area (Å²) in [6.45, 7) is 3.54. The Morgan fingerprint density at radius 3 is 2.41 bits per heavy atom. The van der Waals surface area contributed by atoms with Gasteiger partial charge in [0.1, 0.15) is 23.8 Å². The number of ether oxygens (including phenoxy) is 2. The standard InChI is InChI=1S/C24H28N4O4/c1-2-3-16-31-20-11-9-18(10-12-20)23-26-24(30)21(27-28-23)13-14-22(29)25-15-17-32-19-7-5-4-6-8-19/h4-12H,2-3,13-17H2,1H3,(H,25,29)(H,26,28,30). The van der Waals surface area contributed by atoms with Gasteiger partial charge in [-0.05, 0) is 42.8 Å². The Morgan fingerprint density at radius 1 is 0.969 bits per heavy atom. The molecule has 3 rings (SSSR count). The van der Waals surface area contributed by atoms with Crippen molar-refractivity contribution in [2.24, 2.45) is 0 Å². The summed E-state index contributed by atoms with van der Waals surface area (Å²) in [7, 11) is 0. The molecule has 0 fully saturated rings. The quantitative estimate of drug-likeness (QED) is 0.423. The van der Waals surface area contributed by atoms with E-state index in [2.05, 4.69) is 27.4 Å². The third-order valence-electron chi connectivity index (χ3n) is 4.68. The van der Waals surface area contributed by atoms with Crippen LogP contribution in [0, 0.1) is 0 Å². The Kier molecular flexibility index (Phi) is 8.80. The van der Waals surface area contributed by atoms with Crippen molar-refractivity contribution in [1.29, 1.82) is 0 Å². The van der Waals surface area contributed by atoms with E-state index in [1.165, 1.54) is 0 Å². The summed E-state index contributed by atoms with van der Waals surface area (Å²) in [5, 5.41) is 10.9. The smallest absolute Gasteiger partial charge is 0.273 e. The SMILES string of the molecule is CCCCOc1ccc(-c2nnc(CCC(=O)NCCOc3ccccc3)c(=O)[nH]2)cc1. The Labute approximate surface area is 187 Å². The molecule has 0 aliphatic rings. The first-order chi connectivity index (χ1) is 15.7. The maximum absolute atomic E-state index is 12.4. The van der Waals surface area contributed by atoms with Gasteiger partial charge in [0.2, 0.25) is 5.91 Å². The molecule has 0 aliphatic heterocycles. The van der Waals surface area contributed by atoms with Gasteiger partial charge in [0.15, 0.2) is 5.82 Å². The van der Waals surface area contributed by atoms with Gasteiger partial charge in [-0.3, -0.25) is 9.59 Å². The van der Waals surface area contributed by atoms with E-state index < -0.39 is 0 Å². The summed E-state index contributed by atoms with van der Waals surface area (Å²) < 4.78 is 11.2. The van der Waals surface area contributed by atoms with Crippen molar-refractivity contribution >= 4 is 5.91 Å². The summed E-state index contributed by atoms with van der Waals surface area (Å²) in [5.74, 6) is 1.73. The molecule has 0 radical (unpaired) electrons. The van der Waals surface area contributed by atoms with Crippen molar-refractivity contribution in [3.63, 3.8) is 0 Å². The van der Waals surface area contributed by atoms with Crippen LogP contribution in [0.5, 0.6) is 11.5 Å². The zero-order valence-electron chi connectivity index (χ0n) is 18.2. The maximum Gasteiger partial charge on any atom is 0.273 e. The van der Waals surface area contributed by atoms with Crippen molar-refractivity contribution in [1.82, 2.24) is 20.5 Å². The number of nitrogens with zero attached hydrogens (tertiary/aromatic N) is 2. The Morgan fingerprint density at radius 2 is 1.69 bits per heavy atom. The van der Waals surface area contributed by atoms with Crippen LogP contribution in [0.4, 0.5) is 0 Å². The molecule has 3 aromatic rings. The van der Waals surface area contributed by atoms with Crippen LogP contribution in [-0.4, -0.2) is 40.8 Å². The van der Waals surface area contributed by atoms with E-state index in [9.17, 15) is 9.59 Å². The number of rotatable bonds is 12. The zero-order valence-corrected chi connectivity index (χ0v) is 18.2. The number of para-hydroxylation sites is 1. The Hall–Kier alpha value is -3.68. The summed E-state index contributed by atoms with van der Waals surface area (Å²) in [4.78, 5) is 27.1. The van der Waals surface area contributed by atoms with Crippen molar-refractivity contribution in [3.05, 3.63) is 70.6 Å². The van der Waals surface area contributed by atoms with E-state index in [1.54, 1.807) is 0 Å². The average Bonchev–Trinajstić information content (AvgIpc) is 2.82. The van der Waals surface area contributed by atoms with E-state index in [1.807, 2.05) is 54.6 Å². The van der Waals surface area contributed by atoms with Gasteiger partial charge in [0, 0.05) is 18.4 Å². The van der Waals surface area contributed by atoms with Crippen LogP contribution < -0.4 is 20.3 Å². The normalized spacial score (nSPS) is 10.5. The molecule has 8 nitrogen and oxygen atoms in total. The number of H-pyrrole nitrogens is 1. The molecule has 1 aromatic heterocycles. The number of aryl methyl sites for hydroxylation is 1. The molecular formula is C24H28N4O4. The first-order valence-corrected chi connectivity index (χ1v) is 10.8. The number of aromatic nitrogens is 3. The fraction of sp³-hybridized carbons (Fsp3) is 0.333. The molecule has 1 heterocycles. The molecule has 0 unspecified atom stereocenters. The maximum atomic E-state index is 12.4. The van der Waals surface area contributed by atoms with Crippen molar-refractivity contribution in [2.75, 3.05) is 19.8 Å². The number of carbonyl (C=O) groups is 1. The van der Waals surface area contributed by atoms with E-state index in [-0.39, 0.29) is 30.0 Å². The molecule has 1 amide bonds. The molecule has 0 aliphatic carbocycles. The minimum absolute atomic E-state index is 0.145. The summed E-state index contributed by atoms with van der Waals surface area (Å²) in [6.07, 6.45) is 2.43. The molecule has 168 valence electrons. The number of hydrogen-bond donors (Lipinski definition) is 2. The Bertz CT molecular complexity index is 1040. The predicted octanol–water partition coefficient (Wildman–Crippen LogP) is 3.14. The van der Waals surface area contributed by atoms with E-state index in [0.29, 0.717) is 25.6 Å². The molecule has 0 saturated carbocycles. The molecule has 0 spiro atoms. The van der Waals surface area contributed by atoms with Crippen LogP contribution in [0.15, 0.2) is 59.4 Å². The monoisotopic (exact) mass is 436 g/mol. The fourth-order valence-electron chi connectivity index (χ4n) is 2.89. The summed E-state index contributed by atoms with van der Waals surface area (Å²) in [5.41, 5.74) is 0.614. The summed E-state index contributed by atoms with van der Waals surface area (Å²) >= 11 is 0. The van der Waals surface area contributed by atoms with E-state index in [0.717, 1.165) is 29.9 Å². The number of carbonyl (C=O) groups excluding carboxylic acids is 1. The van der Waals surface area contributed by atoms with Crippen molar-refractivity contribution < 1.29 is 14.3 Å². The molecule has 0 bridgehead atoms. The molecule has 0 saturated heterocycles. The number of hydrogen-bond acceptors (Lipinski definition) is 6. The largest absolute Gasteiger partial charge is 0.494 e. The zero-order chi connectivity index (χ0) is 22.6. The highest BCUT2D eigenvalue weighted by Crippen LogP contribution is 2.18. The number of benzene rings is 2. The summed E-state index contributed by atoms with van der Waals surface area (Å²) in [6, 6.07) is 16.7. The van der Waals surface area contributed by atoms with Crippen LogP contribution in [0.3, 0.4) is 0 Å². The second-order valence-corrected chi connectivity index (χ2v) is 7.19. The van der Waals surface area contributed by atoms with Crippen LogP contribution in [0.1, 0.15) is 31.9 Å². The molecule has 8 heteroatoms. The molecule has 2 aromatic carbocycles. The van der Waals surface area contributed by atoms with Gasteiger partial charge in [-0.25, -0.2) is 0 Å². The van der Waals surface area contributed by atoms with Crippen molar-refractivity contribution in [2.45, 2.75) is 32.6 Å². The van der Waals surface area contributed by atoms with Crippen molar-refractivity contribution in [3.8, 4) is 22.9 Å². The first-order valence-electron chi connectivity index (χ1n) is 10.8. The topological polar surface area (TPSA) is 106 Å². The lowest BCUT2D eigenvalue weighted by molar-refractivity contribution is -0.121. The fourth-order valence-corrected chi connectivity index (χ4v) is 2.89. The van der Waals surface area contributed by atoms with Gasteiger partial charge in [-0.15, -0.1) is 10.2 Å². The van der Waals surface area contributed by atoms with Crippen LogP contribution in [0.25, 0.3) is 11.4 Å². The highest BCUT2D eigenvalue weighted by atomic mass is 16.5. The molecular weight excluding hydrogens is 408 g/mol. The molecule has 32 heavy (non-hydrogen) atoms. The lowest BCUT2D eigenvalue weighted by Crippen LogP contribution is -2.29. The minimum atomic E-state index is -0.349. The number of aromatic amines is 1. The third kappa shape index (κ3) is 7.23. The lowest BCUT2D eigenvalue weighted by Gasteiger charge is -2.08. The molecule has 2 N–H and O–H groups in total. The van der Waals surface area contributed by atoms with Gasteiger partial charge in [0.25, 0.3) is 5.56 Å². The average molecular weight is 437 g/mol. The predicted molar refractivity (Wildman–Crippen MR) is 122 cm³/mol. The van der Waals surface area contributed by atoms with Gasteiger partial charge in [-0.1, -0.05) is 31.5 Å². The van der Waals surface area contributed by atoms with Gasteiger partial charge >= 0.3 is 0 Å². The van der Waals surface area contributed by atoms with Gasteiger partial charge < -0.3 is 19.8 Å². The van der Waals surface area contributed by atoms with Gasteiger partial charge in [0.05, 0.1) is 13.2 Å². The van der Waals surface area contributed by atoms with Crippen LogP contribution in [0.2, 0.25) is 0 Å². The highest BCUT2D eigenvalue weighted by molar-refractivity contribution is 5.76. The third-order valence-corrected chi connectivity index (χ3v) is 4.68. The number of nitrogens with one attached hydrogen (secondary N) is 2. The van der Waals surface area contributed by atoms with Crippen LogP contribution in [-0.2, 0) is 11.2 Å². The van der Waals surface area contributed by atoms with Crippen LogP contribution >= 0.6 is 0 Å². The first kappa shape index (κ1) is 23.0. The van der Waals surface area contributed by atoms with E-state index >= 15 is 0 Å². The number of unbranched alkanes of at least 4 members (excludes halogenated alkanes) is 1. The lowest BCUT2D eigenvalue weighted by atomic mass is 10.2. The number of amides is 1. The minimum Gasteiger partial charge on any atom is -0.494 e. The van der Waals surface area contributed by atoms with E-state index in [4.69, 9.17) is 9.47 Å². The Balaban J connectivity index is 1.44. The second kappa shape index (κ2) is 12.2. The highest BCUT2D eigenvalue weighted by Gasteiger charge is 2.10.